The number of carboxylic acid groups (broad SMARTS) is 1. The highest BCUT2D eigenvalue weighted by atomic mass is 35.5. The number of rotatable bonds is 10. The van der Waals surface area contributed by atoms with Gasteiger partial charge in [0.2, 0.25) is 6.41 Å². The number of halogens is 1. The van der Waals surface area contributed by atoms with Crippen LogP contribution >= 0.6 is 34.7 Å². The van der Waals surface area contributed by atoms with Gasteiger partial charge in [0.05, 0.1) is 0 Å². The van der Waals surface area contributed by atoms with Crippen LogP contribution in [0.25, 0.3) is 0 Å². The first kappa shape index (κ1) is 22.8. The van der Waals surface area contributed by atoms with Gasteiger partial charge in [-0.05, 0) is 5.57 Å². The van der Waals surface area contributed by atoms with E-state index in [4.69, 9.17) is 16.4 Å². The molecule has 2 atom stereocenters. The maximum Gasteiger partial charge on any atom is 0.352 e. The van der Waals surface area contributed by atoms with Crippen molar-refractivity contribution in [2.24, 2.45) is 5.16 Å². The number of carboxylic acids is 1. The van der Waals surface area contributed by atoms with Crippen LogP contribution in [-0.4, -0.2) is 74.6 Å². The number of β-lactam (4-membered cyclic amide) rings is 1. The van der Waals surface area contributed by atoms with Crippen LogP contribution in [0.2, 0.25) is 0 Å². The number of aliphatic carboxylic acids is 1. The Balaban J connectivity index is 1.79. The molecule has 3 rings (SSSR count). The van der Waals surface area contributed by atoms with Gasteiger partial charge in [-0.15, -0.1) is 34.7 Å². The molecule has 0 spiro atoms. The highest BCUT2D eigenvalue weighted by molar-refractivity contribution is 8.00. The monoisotopic (exact) mass is 485 g/mol. The van der Waals surface area contributed by atoms with Crippen LogP contribution in [0.3, 0.4) is 0 Å². The van der Waals surface area contributed by atoms with E-state index < -0.39 is 29.2 Å². The first-order chi connectivity index (χ1) is 14.9. The number of amides is 3. The second-order valence-corrected chi connectivity index (χ2v) is 8.31. The van der Waals surface area contributed by atoms with Gasteiger partial charge in [-0.3, -0.25) is 19.3 Å². The van der Waals surface area contributed by atoms with Gasteiger partial charge >= 0.3 is 5.97 Å². The molecule has 0 saturated carbocycles. The number of hydrogen-bond acceptors (Lipinski definition) is 9. The Morgan fingerprint density at radius 1 is 1.52 bits per heavy atom. The summed E-state index contributed by atoms with van der Waals surface area (Å²) in [5, 5.41) is 19.3. The van der Waals surface area contributed by atoms with Crippen LogP contribution in [0.4, 0.5) is 5.13 Å². The maximum atomic E-state index is 12.9. The van der Waals surface area contributed by atoms with Crippen molar-refractivity contribution in [1.82, 2.24) is 15.2 Å². The van der Waals surface area contributed by atoms with Crippen molar-refractivity contribution < 1.29 is 29.1 Å². The Hall–Kier alpha value is -2.90. The van der Waals surface area contributed by atoms with Crippen LogP contribution in [0, 0.1) is 0 Å². The quantitative estimate of drug-likeness (QED) is 0.0828. The minimum Gasteiger partial charge on any atom is -0.477 e. The lowest BCUT2D eigenvalue weighted by atomic mass is 10.0. The standard InChI is InChI=1S/C17H16ClN5O6S2/c1-2-3-29-22-10(9-6-31-17(20-9)19-7-24)13(25)21-11-14(26)23-12(16(27)28)8(4-18)5-30-15(11)23/h2,6-7,11,15H,1,3-5H2,(H,21,25)(H,27,28)(H,19,20,24)/t11?,15-/m0/s1. The summed E-state index contributed by atoms with van der Waals surface area (Å²) in [5.41, 5.74) is 0.207. The Kier molecular flexibility index (Phi) is 7.30. The third kappa shape index (κ3) is 4.57. The lowest BCUT2D eigenvalue weighted by Gasteiger charge is -2.49. The highest BCUT2D eigenvalue weighted by Gasteiger charge is 2.54. The highest BCUT2D eigenvalue weighted by Crippen LogP contribution is 2.40. The van der Waals surface area contributed by atoms with Gasteiger partial charge in [0.15, 0.2) is 10.8 Å². The van der Waals surface area contributed by atoms with E-state index in [0.29, 0.717) is 17.7 Å². The number of nitrogens with one attached hydrogen (secondary N) is 2. The number of oxime groups is 1. The average molecular weight is 486 g/mol. The molecule has 11 nitrogen and oxygen atoms in total. The lowest BCUT2D eigenvalue weighted by Crippen LogP contribution is -2.71. The summed E-state index contributed by atoms with van der Waals surface area (Å²) in [4.78, 5) is 57.9. The van der Waals surface area contributed by atoms with Crippen molar-refractivity contribution in [3.8, 4) is 0 Å². The van der Waals surface area contributed by atoms with Crippen molar-refractivity contribution in [3.63, 3.8) is 0 Å². The third-order valence-corrected chi connectivity index (χ3v) is 6.63. The average Bonchev–Trinajstić information content (AvgIpc) is 3.22. The number of nitrogens with zero attached hydrogens (tertiary/aromatic N) is 3. The van der Waals surface area contributed by atoms with E-state index in [0.717, 1.165) is 16.2 Å². The number of carbonyl (C=O) groups is 4. The molecule has 2 aliphatic heterocycles. The summed E-state index contributed by atoms with van der Waals surface area (Å²) in [6, 6.07) is -0.959. The normalized spacial score (nSPS) is 20.5. The maximum absolute atomic E-state index is 12.9. The zero-order chi connectivity index (χ0) is 22.5. The Bertz CT molecular complexity index is 993. The molecule has 1 unspecified atom stereocenters. The smallest absolute Gasteiger partial charge is 0.352 e. The molecule has 0 aromatic carbocycles. The summed E-state index contributed by atoms with van der Waals surface area (Å²) < 4.78 is 0. The van der Waals surface area contributed by atoms with Gasteiger partial charge in [0, 0.05) is 17.0 Å². The first-order valence-corrected chi connectivity index (χ1v) is 11.1. The van der Waals surface area contributed by atoms with Gasteiger partial charge < -0.3 is 20.6 Å². The Morgan fingerprint density at radius 2 is 2.29 bits per heavy atom. The molecule has 0 radical (unpaired) electrons. The predicted molar refractivity (Wildman–Crippen MR) is 115 cm³/mol. The molecule has 164 valence electrons. The van der Waals surface area contributed by atoms with Crippen LogP contribution < -0.4 is 10.6 Å². The molecule has 1 fully saturated rings. The van der Waals surface area contributed by atoms with Crippen LogP contribution in [-0.2, 0) is 24.0 Å². The van der Waals surface area contributed by atoms with Gasteiger partial charge in [0.25, 0.3) is 11.8 Å². The summed E-state index contributed by atoms with van der Waals surface area (Å²) in [6.07, 6.45) is 1.87. The molecular formula is C17H16ClN5O6S2. The number of fused-ring (bicyclic) bond motifs is 1. The molecule has 3 amide bonds. The molecule has 0 aliphatic carbocycles. The summed E-state index contributed by atoms with van der Waals surface area (Å²) in [5.74, 6) is -2.26. The van der Waals surface area contributed by atoms with Gasteiger partial charge in [0.1, 0.15) is 29.4 Å². The van der Waals surface area contributed by atoms with Crippen LogP contribution in [0.5, 0.6) is 0 Å². The number of anilines is 1. The number of alkyl halides is 1. The zero-order valence-electron chi connectivity index (χ0n) is 15.7. The molecule has 1 aromatic rings. The van der Waals surface area contributed by atoms with E-state index in [-0.39, 0.29) is 34.7 Å². The molecule has 3 heterocycles. The van der Waals surface area contributed by atoms with Gasteiger partial charge in [-0.1, -0.05) is 17.8 Å². The van der Waals surface area contributed by atoms with Crippen molar-refractivity contribution in [3.05, 3.63) is 35.0 Å². The predicted octanol–water partition coefficient (Wildman–Crippen LogP) is 0.595. The summed E-state index contributed by atoms with van der Waals surface area (Å²) in [7, 11) is 0. The van der Waals surface area contributed by atoms with E-state index in [1.165, 1.54) is 23.2 Å². The molecule has 1 saturated heterocycles. The minimum atomic E-state index is -1.25. The number of hydrogen-bond donors (Lipinski definition) is 3. The fourth-order valence-corrected chi connectivity index (χ4v) is 5.19. The van der Waals surface area contributed by atoms with Crippen molar-refractivity contribution in [2.45, 2.75) is 11.4 Å². The second kappa shape index (κ2) is 9.94. The fraction of sp³-hybridized carbons (Fsp3) is 0.294. The second-order valence-electron chi connectivity index (χ2n) is 6.08. The van der Waals surface area contributed by atoms with E-state index in [1.807, 2.05) is 0 Å². The van der Waals surface area contributed by atoms with E-state index in [2.05, 4.69) is 27.4 Å². The SMILES string of the molecule is C=CCON=C(C(=O)NC1C(=O)N2C(C(=O)O)=C(CCl)CS[C@@H]12)c1csc(NC=O)n1. The molecule has 1 aromatic heterocycles. The molecule has 2 aliphatic rings. The molecular weight excluding hydrogens is 470 g/mol. The fourth-order valence-electron chi connectivity index (χ4n) is 2.85. The van der Waals surface area contributed by atoms with Crippen molar-refractivity contribution in [1.29, 1.82) is 0 Å². The summed E-state index contributed by atoms with van der Waals surface area (Å²) >= 11 is 8.17. The minimum absolute atomic E-state index is 0.0133. The molecule has 31 heavy (non-hydrogen) atoms. The van der Waals surface area contributed by atoms with Crippen molar-refractivity contribution in [2.75, 3.05) is 23.6 Å². The van der Waals surface area contributed by atoms with E-state index >= 15 is 0 Å². The lowest BCUT2D eigenvalue weighted by molar-refractivity contribution is -0.150. The third-order valence-electron chi connectivity index (χ3n) is 4.19. The van der Waals surface area contributed by atoms with E-state index in [9.17, 15) is 24.3 Å². The van der Waals surface area contributed by atoms with Gasteiger partial charge in [-0.25, -0.2) is 9.78 Å². The topological polar surface area (TPSA) is 150 Å². The molecule has 0 bridgehead atoms. The van der Waals surface area contributed by atoms with Crippen molar-refractivity contribution >= 4 is 69.7 Å². The number of thioether (sulfide) groups is 1. The number of thiazole rings is 1. The Morgan fingerprint density at radius 3 is 2.94 bits per heavy atom. The molecule has 3 N–H and O–H groups in total. The first-order valence-electron chi connectivity index (χ1n) is 8.66. The summed E-state index contributed by atoms with van der Waals surface area (Å²) in [6.45, 7) is 3.52. The number of carbonyl (C=O) groups excluding carboxylic acids is 3. The Labute approximate surface area is 189 Å². The number of aromatic nitrogens is 1. The van der Waals surface area contributed by atoms with Crippen LogP contribution in [0.15, 0.2) is 34.5 Å². The van der Waals surface area contributed by atoms with Gasteiger partial charge in [-0.2, -0.15) is 0 Å². The van der Waals surface area contributed by atoms with Crippen LogP contribution in [0.1, 0.15) is 5.69 Å². The largest absolute Gasteiger partial charge is 0.477 e. The molecule has 14 heteroatoms. The zero-order valence-corrected chi connectivity index (χ0v) is 18.1. The van der Waals surface area contributed by atoms with E-state index in [1.54, 1.807) is 0 Å².